The minimum absolute atomic E-state index is 0.209. The quantitative estimate of drug-likeness (QED) is 0.783. The van der Waals surface area contributed by atoms with Crippen molar-refractivity contribution in [3.05, 3.63) is 27.5 Å². The molecule has 2 aromatic rings. The number of carbonyl (C=O) groups is 1. The zero-order valence-electron chi connectivity index (χ0n) is 10.9. The Morgan fingerprint density at radius 3 is 2.85 bits per heavy atom. The molecule has 4 N–H and O–H groups in total. The van der Waals surface area contributed by atoms with Crippen LogP contribution in [0.1, 0.15) is 9.67 Å². The summed E-state index contributed by atoms with van der Waals surface area (Å²) in [7, 11) is 3.28. The summed E-state index contributed by atoms with van der Waals surface area (Å²) in [6.07, 6.45) is 0. The Labute approximate surface area is 128 Å². The number of nitrogens with two attached hydrogens (primary N) is 1. The summed E-state index contributed by atoms with van der Waals surface area (Å²) >= 11 is 4.55. The summed E-state index contributed by atoms with van der Waals surface area (Å²) in [5, 5.41) is 6.21. The number of nitrogens with zero attached hydrogens (tertiary/aromatic N) is 1. The number of amides is 1. The summed E-state index contributed by atoms with van der Waals surface area (Å²) < 4.78 is 5.99. The Morgan fingerprint density at radius 1 is 1.50 bits per heavy atom. The number of halogens is 1. The first-order valence-electron chi connectivity index (χ1n) is 5.64. The molecule has 0 spiro atoms. The summed E-state index contributed by atoms with van der Waals surface area (Å²) in [6, 6.07) is 5.28. The molecule has 6 nitrogen and oxygen atoms in total. The van der Waals surface area contributed by atoms with Gasteiger partial charge in [0.25, 0.3) is 5.91 Å². The molecule has 8 heteroatoms. The fourth-order valence-electron chi connectivity index (χ4n) is 1.53. The van der Waals surface area contributed by atoms with Gasteiger partial charge >= 0.3 is 0 Å². The molecule has 0 aliphatic carbocycles. The van der Waals surface area contributed by atoms with Gasteiger partial charge in [-0.2, -0.15) is 0 Å². The average Bonchev–Trinajstić information content (AvgIpc) is 2.82. The first-order chi connectivity index (χ1) is 9.55. The Balaban J connectivity index is 2.20. The highest BCUT2D eigenvalue weighted by atomic mass is 79.9. The molecular formula is C12H13BrN4O2S. The molecule has 0 atom stereocenters. The molecule has 0 unspecified atom stereocenters. The van der Waals surface area contributed by atoms with Crippen LogP contribution in [-0.4, -0.2) is 25.0 Å². The molecule has 20 heavy (non-hydrogen) atoms. The number of hydrogen-bond acceptors (Lipinski definition) is 6. The van der Waals surface area contributed by atoms with Crippen molar-refractivity contribution < 1.29 is 9.53 Å². The maximum Gasteiger partial charge on any atom is 0.269 e. The third-order valence-corrected chi connectivity index (χ3v) is 4.22. The SMILES string of the molecule is CNc1nc(N)c(C(=O)Nc2ccc(Br)c(OC)c2)s1. The topological polar surface area (TPSA) is 89.3 Å². The van der Waals surface area contributed by atoms with Gasteiger partial charge in [-0.15, -0.1) is 0 Å². The monoisotopic (exact) mass is 356 g/mol. The van der Waals surface area contributed by atoms with Crippen molar-refractivity contribution in [3.8, 4) is 5.75 Å². The number of benzene rings is 1. The first-order valence-corrected chi connectivity index (χ1v) is 7.25. The average molecular weight is 357 g/mol. The van der Waals surface area contributed by atoms with E-state index in [1.54, 1.807) is 32.4 Å². The second-order valence-electron chi connectivity index (χ2n) is 3.79. The van der Waals surface area contributed by atoms with Crippen LogP contribution in [0.2, 0.25) is 0 Å². The van der Waals surface area contributed by atoms with Gasteiger partial charge in [-0.25, -0.2) is 4.98 Å². The van der Waals surface area contributed by atoms with Crippen LogP contribution in [0.5, 0.6) is 5.75 Å². The lowest BCUT2D eigenvalue weighted by Crippen LogP contribution is -2.12. The van der Waals surface area contributed by atoms with Crippen molar-refractivity contribution in [1.29, 1.82) is 0 Å². The van der Waals surface area contributed by atoms with E-state index in [1.807, 2.05) is 0 Å². The molecule has 1 aromatic carbocycles. The molecule has 106 valence electrons. The van der Waals surface area contributed by atoms with Crippen LogP contribution in [0.3, 0.4) is 0 Å². The summed E-state index contributed by atoms with van der Waals surface area (Å²) in [6.45, 7) is 0. The maximum absolute atomic E-state index is 12.1. The van der Waals surface area contributed by atoms with Crippen LogP contribution < -0.4 is 21.1 Å². The molecule has 0 aliphatic heterocycles. The van der Waals surface area contributed by atoms with Gasteiger partial charge in [0.1, 0.15) is 16.4 Å². The minimum Gasteiger partial charge on any atom is -0.495 e. The van der Waals surface area contributed by atoms with E-state index in [4.69, 9.17) is 10.5 Å². The number of hydrogen-bond donors (Lipinski definition) is 3. The fourth-order valence-corrected chi connectivity index (χ4v) is 2.67. The van der Waals surface area contributed by atoms with E-state index < -0.39 is 0 Å². The van der Waals surface area contributed by atoms with Crippen molar-refractivity contribution >= 4 is 49.8 Å². The number of carbonyl (C=O) groups excluding carboxylic acids is 1. The van der Waals surface area contributed by atoms with E-state index in [-0.39, 0.29) is 11.7 Å². The van der Waals surface area contributed by atoms with Crippen LogP contribution in [0, 0.1) is 0 Å². The Bertz CT molecular complexity index is 644. The first kappa shape index (κ1) is 14.6. The van der Waals surface area contributed by atoms with E-state index in [2.05, 4.69) is 31.5 Å². The molecule has 0 radical (unpaired) electrons. The molecule has 0 aliphatic rings. The highest BCUT2D eigenvalue weighted by molar-refractivity contribution is 9.10. The Morgan fingerprint density at radius 2 is 2.25 bits per heavy atom. The molecule has 1 amide bonds. The van der Waals surface area contributed by atoms with Crippen molar-refractivity contribution in [2.75, 3.05) is 30.5 Å². The third-order valence-electron chi connectivity index (χ3n) is 2.48. The molecular weight excluding hydrogens is 344 g/mol. The van der Waals surface area contributed by atoms with Gasteiger partial charge in [-0.1, -0.05) is 11.3 Å². The number of rotatable bonds is 4. The van der Waals surface area contributed by atoms with Gasteiger partial charge in [0.2, 0.25) is 0 Å². The van der Waals surface area contributed by atoms with Gasteiger partial charge in [-0.3, -0.25) is 4.79 Å². The molecule has 0 bridgehead atoms. The minimum atomic E-state index is -0.300. The van der Waals surface area contributed by atoms with Crippen LogP contribution in [0.25, 0.3) is 0 Å². The number of methoxy groups -OCH3 is 1. The fraction of sp³-hybridized carbons (Fsp3) is 0.167. The van der Waals surface area contributed by atoms with Gasteiger partial charge in [0.05, 0.1) is 11.6 Å². The molecule has 1 aromatic heterocycles. The highest BCUT2D eigenvalue weighted by Gasteiger charge is 2.16. The van der Waals surface area contributed by atoms with Crippen molar-refractivity contribution in [2.45, 2.75) is 0 Å². The summed E-state index contributed by atoms with van der Waals surface area (Å²) in [5.41, 5.74) is 6.34. The van der Waals surface area contributed by atoms with Gasteiger partial charge in [0, 0.05) is 18.8 Å². The van der Waals surface area contributed by atoms with Crippen molar-refractivity contribution in [1.82, 2.24) is 4.98 Å². The lowest BCUT2D eigenvalue weighted by atomic mass is 10.3. The second kappa shape index (κ2) is 6.10. The predicted molar refractivity (Wildman–Crippen MR) is 84.7 cm³/mol. The van der Waals surface area contributed by atoms with Crippen molar-refractivity contribution in [2.24, 2.45) is 0 Å². The van der Waals surface area contributed by atoms with E-state index in [0.717, 1.165) is 4.47 Å². The standard InChI is InChI=1S/C12H13BrN4O2S/c1-15-12-17-10(14)9(20-12)11(18)16-6-3-4-7(13)8(5-6)19-2/h3-5H,14H2,1-2H3,(H,15,17)(H,16,18). The predicted octanol–water partition coefficient (Wildman–Crippen LogP) is 2.79. The van der Waals surface area contributed by atoms with Gasteiger partial charge in [0.15, 0.2) is 5.13 Å². The number of nitrogens with one attached hydrogen (secondary N) is 2. The van der Waals surface area contributed by atoms with Crippen LogP contribution in [-0.2, 0) is 0 Å². The molecule has 0 saturated carbocycles. The largest absolute Gasteiger partial charge is 0.495 e. The molecule has 0 fully saturated rings. The lowest BCUT2D eigenvalue weighted by molar-refractivity contribution is 0.103. The number of aromatic nitrogens is 1. The number of ether oxygens (including phenoxy) is 1. The molecule has 0 saturated heterocycles. The van der Waals surface area contributed by atoms with Crippen LogP contribution in [0.4, 0.5) is 16.6 Å². The van der Waals surface area contributed by atoms with Crippen molar-refractivity contribution in [3.63, 3.8) is 0 Å². The third kappa shape index (κ3) is 3.02. The number of anilines is 3. The number of thiazole rings is 1. The zero-order chi connectivity index (χ0) is 14.7. The maximum atomic E-state index is 12.1. The zero-order valence-corrected chi connectivity index (χ0v) is 13.3. The Kier molecular flexibility index (Phi) is 4.46. The normalized spacial score (nSPS) is 10.2. The van der Waals surface area contributed by atoms with E-state index in [0.29, 0.717) is 21.4 Å². The van der Waals surface area contributed by atoms with E-state index in [9.17, 15) is 4.79 Å². The molecule has 2 rings (SSSR count). The number of nitrogen functional groups attached to an aromatic ring is 1. The van der Waals surface area contributed by atoms with E-state index in [1.165, 1.54) is 11.3 Å². The summed E-state index contributed by atoms with van der Waals surface area (Å²) in [5.74, 6) is 0.544. The second-order valence-corrected chi connectivity index (χ2v) is 5.64. The van der Waals surface area contributed by atoms with E-state index >= 15 is 0 Å². The smallest absolute Gasteiger partial charge is 0.269 e. The van der Waals surface area contributed by atoms with Crippen LogP contribution in [0.15, 0.2) is 22.7 Å². The Hall–Kier alpha value is -1.80. The molecule has 1 heterocycles. The van der Waals surface area contributed by atoms with Gasteiger partial charge in [-0.05, 0) is 28.1 Å². The highest BCUT2D eigenvalue weighted by Crippen LogP contribution is 2.29. The summed E-state index contributed by atoms with van der Waals surface area (Å²) in [4.78, 5) is 16.6. The van der Waals surface area contributed by atoms with Crippen LogP contribution >= 0.6 is 27.3 Å². The lowest BCUT2D eigenvalue weighted by Gasteiger charge is -2.07. The van der Waals surface area contributed by atoms with Gasteiger partial charge < -0.3 is 21.1 Å².